The Bertz CT molecular complexity index is 348. The van der Waals surface area contributed by atoms with Crippen LogP contribution in [0.1, 0.15) is 69.0 Å². The van der Waals surface area contributed by atoms with Crippen LogP contribution in [0.3, 0.4) is 0 Å². The molecule has 1 fully saturated rings. The second kappa shape index (κ2) is 7.69. The Hall–Kier alpha value is -0.820. The Balaban J connectivity index is 1.95. The van der Waals surface area contributed by atoms with Crippen LogP contribution in [0.25, 0.3) is 0 Å². The fourth-order valence-electron chi connectivity index (χ4n) is 3.38. The minimum absolute atomic E-state index is 0.541. The summed E-state index contributed by atoms with van der Waals surface area (Å²) in [6, 6.07) is 9.82. The van der Waals surface area contributed by atoms with E-state index in [0.29, 0.717) is 6.04 Å². The first-order chi connectivity index (χ1) is 9.33. The SMILES string of the molecule is CCCc1ccc(C(CC2CCCCC2)NC)cc1. The summed E-state index contributed by atoms with van der Waals surface area (Å²) >= 11 is 0. The molecule has 0 bridgehead atoms. The normalized spacial score (nSPS) is 18.4. The van der Waals surface area contributed by atoms with E-state index in [1.807, 2.05) is 0 Å². The maximum atomic E-state index is 3.52. The van der Waals surface area contributed by atoms with Gasteiger partial charge in [0.15, 0.2) is 0 Å². The van der Waals surface area contributed by atoms with Crippen LogP contribution in [0.15, 0.2) is 24.3 Å². The molecule has 1 atom stereocenters. The first-order valence-electron chi connectivity index (χ1n) is 8.09. The van der Waals surface area contributed by atoms with Crippen LogP contribution in [0.2, 0.25) is 0 Å². The Morgan fingerprint density at radius 2 is 1.79 bits per heavy atom. The zero-order valence-electron chi connectivity index (χ0n) is 12.6. The summed E-state index contributed by atoms with van der Waals surface area (Å²) < 4.78 is 0. The zero-order valence-corrected chi connectivity index (χ0v) is 12.6. The van der Waals surface area contributed by atoms with E-state index < -0.39 is 0 Å². The summed E-state index contributed by atoms with van der Waals surface area (Å²) in [5.41, 5.74) is 2.94. The predicted octanol–water partition coefficient (Wildman–Crippen LogP) is 4.87. The van der Waals surface area contributed by atoms with E-state index >= 15 is 0 Å². The summed E-state index contributed by atoms with van der Waals surface area (Å²) in [5.74, 6) is 0.932. The van der Waals surface area contributed by atoms with Crippen molar-refractivity contribution in [2.75, 3.05) is 7.05 Å². The lowest BCUT2D eigenvalue weighted by atomic mass is 9.83. The molecule has 0 amide bonds. The van der Waals surface area contributed by atoms with Crippen molar-refractivity contribution in [3.05, 3.63) is 35.4 Å². The molecule has 0 radical (unpaired) electrons. The quantitative estimate of drug-likeness (QED) is 0.768. The summed E-state index contributed by atoms with van der Waals surface area (Å²) in [7, 11) is 2.10. The molecule has 0 saturated heterocycles. The topological polar surface area (TPSA) is 12.0 Å². The van der Waals surface area contributed by atoms with Crippen LogP contribution in [0.4, 0.5) is 0 Å². The molecular weight excluding hydrogens is 230 g/mol. The van der Waals surface area contributed by atoms with Gasteiger partial charge in [-0.15, -0.1) is 0 Å². The van der Waals surface area contributed by atoms with Crippen molar-refractivity contribution in [1.29, 1.82) is 0 Å². The number of hydrogen-bond donors (Lipinski definition) is 1. The molecule has 106 valence electrons. The third-order valence-corrected chi connectivity index (χ3v) is 4.56. The number of hydrogen-bond acceptors (Lipinski definition) is 1. The summed E-state index contributed by atoms with van der Waals surface area (Å²) in [6.45, 7) is 2.24. The molecule has 1 aromatic rings. The standard InChI is InChI=1S/C18H29N/c1-3-7-15-10-12-17(13-11-15)18(19-2)14-16-8-5-4-6-9-16/h10-13,16,18-19H,3-9,14H2,1-2H3. The van der Waals surface area contributed by atoms with E-state index in [4.69, 9.17) is 0 Å². The molecule has 1 saturated carbocycles. The largest absolute Gasteiger partial charge is 0.313 e. The maximum Gasteiger partial charge on any atom is 0.0320 e. The third-order valence-electron chi connectivity index (χ3n) is 4.56. The second-order valence-electron chi connectivity index (χ2n) is 6.07. The summed E-state index contributed by atoms with van der Waals surface area (Å²) in [4.78, 5) is 0. The molecule has 1 aliphatic carbocycles. The highest BCUT2D eigenvalue weighted by molar-refractivity contribution is 5.25. The number of benzene rings is 1. The van der Waals surface area contributed by atoms with Crippen molar-refractivity contribution < 1.29 is 0 Å². The highest BCUT2D eigenvalue weighted by Gasteiger charge is 2.19. The second-order valence-corrected chi connectivity index (χ2v) is 6.07. The van der Waals surface area contributed by atoms with Crippen molar-refractivity contribution in [2.45, 2.75) is 64.3 Å². The Morgan fingerprint density at radius 3 is 2.37 bits per heavy atom. The Labute approximate surface area is 118 Å². The molecule has 1 aromatic carbocycles. The van der Waals surface area contributed by atoms with Crippen LogP contribution in [-0.2, 0) is 6.42 Å². The van der Waals surface area contributed by atoms with E-state index in [-0.39, 0.29) is 0 Å². The molecule has 0 spiro atoms. The van der Waals surface area contributed by atoms with Crippen molar-refractivity contribution in [3.8, 4) is 0 Å². The molecule has 19 heavy (non-hydrogen) atoms. The fraction of sp³-hybridized carbons (Fsp3) is 0.667. The van der Waals surface area contributed by atoms with Crippen LogP contribution >= 0.6 is 0 Å². The first-order valence-corrected chi connectivity index (χ1v) is 8.09. The molecular formula is C18H29N. The lowest BCUT2D eigenvalue weighted by Gasteiger charge is -2.26. The van der Waals surface area contributed by atoms with Gasteiger partial charge in [-0.1, -0.05) is 69.7 Å². The molecule has 0 heterocycles. The first kappa shape index (κ1) is 14.6. The molecule has 0 aromatic heterocycles. The predicted molar refractivity (Wildman–Crippen MR) is 83.4 cm³/mol. The molecule has 0 aliphatic heterocycles. The van der Waals surface area contributed by atoms with Gasteiger partial charge in [0, 0.05) is 6.04 Å². The van der Waals surface area contributed by atoms with Gasteiger partial charge in [0.25, 0.3) is 0 Å². The van der Waals surface area contributed by atoms with Crippen molar-refractivity contribution in [2.24, 2.45) is 5.92 Å². The molecule has 1 unspecified atom stereocenters. The minimum atomic E-state index is 0.541. The van der Waals surface area contributed by atoms with Crippen molar-refractivity contribution in [1.82, 2.24) is 5.32 Å². The summed E-state index contributed by atoms with van der Waals surface area (Å²) in [5, 5.41) is 3.52. The molecule has 1 N–H and O–H groups in total. The van der Waals surface area contributed by atoms with Crippen LogP contribution in [0.5, 0.6) is 0 Å². The Kier molecular flexibility index (Phi) is 5.91. The van der Waals surface area contributed by atoms with Gasteiger partial charge in [0.2, 0.25) is 0 Å². The molecule has 1 heteroatoms. The lowest BCUT2D eigenvalue weighted by molar-refractivity contribution is 0.306. The Morgan fingerprint density at radius 1 is 1.11 bits per heavy atom. The number of aryl methyl sites for hydroxylation is 1. The van der Waals surface area contributed by atoms with Gasteiger partial charge in [-0.2, -0.15) is 0 Å². The van der Waals surface area contributed by atoms with E-state index in [1.165, 1.54) is 62.5 Å². The highest BCUT2D eigenvalue weighted by Crippen LogP contribution is 2.31. The van der Waals surface area contributed by atoms with E-state index in [0.717, 1.165) is 5.92 Å². The van der Waals surface area contributed by atoms with Crippen LogP contribution in [-0.4, -0.2) is 7.05 Å². The summed E-state index contributed by atoms with van der Waals surface area (Å²) in [6.07, 6.45) is 10.9. The number of nitrogens with one attached hydrogen (secondary N) is 1. The average molecular weight is 259 g/mol. The minimum Gasteiger partial charge on any atom is -0.313 e. The van der Waals surface area contributed by atoms with E-state index in [9.17, 15) is 0 Å². The van der Waals surface area contributed by atoms with Crippen LogP contribution < -0.4 is 5.32 Å². The van der Waals surface area contributed by atoms with Gasteiger partial charge < -0.3 is 5.32 Å². The molecule has 1 nitrogen and oxygen atoms in total. The van der Waals surface area contributed by atoms with Crippen molar-refractivity contribution >= 4 is 0 Å². The maximum absolute atomic E-state index is 3.52. The molecule has 1 aliphatic rings. The van der Waals surface area contributed by atoms with Crippen molar-refractivity contribution in [3.63, 3.8) is 0 Å². The lowest BCUT2D eigenvalue weighted by Crippen LogP contribution is -2.21. The van der Waals surface area contributed by atoms with E-state index in [1.54, 1.807) is 0 Å². The van der Waals surface area contributed by atoms with Gasteiger partial charge in [-0.05, 0) is 36.9 Å². The van der Waals surface area contributed by atoms with Gasteiger partial charge >= 0.3 is 0 Å². The van der Waals surface area contributed by atoms with E-state index in [2.05, 4.69) is 43.6 Å². The zero-order chi connectivity index (χ0) is 13.5. The van der Waals surface area contributed by atoms with Gasteiger partial charge in [-0.25, -0.2) is 0 Å². The third kappa shape index (κ3) is 4.35. The number of rotatable bonds is 6. The highest BCUT2D eigenvalue weighted by atomic mass is 14.9. The smallest absolute Gasteiger partial charge is 0.0320 e. The van der Waals surface area contributed by atoms with Gasteiger partial charge in [-0.3, -0.25) is 0 Å². The molecule has 2 rings (SSSR count). The average Bonchev–Trinajstić information content (AvgIpc) is 2.47. The fourth-order valence-corrected chi connectivity index (χ4v) is 3.38. The van der Waals surface area contributed by atoms with Gasteiger partial charge in [0.05, 0.1) is 0 Å². The monoisotopic (exact) mass is 259 g/mol. The van der Waals surface area contributed by atoms with Crippen LogP contribution in [0, 0.1) is 5.92 Å². The van der Waals surface area contributed by atoms with Gasteiger partial charge in [0.1, 0.15) is 0 Å².